The van der Waals surface area contributed by atoms with Gasteiger partial charge in [-0.15, -0.1) is 17.5 Å². The summed E-state index contributed by atoms with van der Waals surface area (Å²) in [7, 11) is -3.75. The Labute approximate surface area is 140 Å². The Bertz CT molecular complexity index is 732. The molecule has 0 saturated heterocycles. The van der Waals surface area contributed by atoms with Gasteiger partial charge in [0.1, 0.15) is 0 Å². The van der Waals surface area contributed by atoms with Crippen LogP contribution >= 0.6 is 24.0 Å². The Balaban J connectivity index is 0.00000242. The standard InChI is InChI=1S/C13H16ClN3O3S.ClH/c1-8(2)11(15)12-16-17-13(20-12)21(18,19)7-9-5-3-4-6-10(9)14;/h3-6,8,11H,7,15H2,1-2H3;1H/t11-;/m0./s1. The molecule has 6 nitrogen and oxygen atoms in total. The van der Waals surface area contributed by atoms with Crippen LogP contribution in [0.3, 0.4) is 0 Å². The fraction of sp³-hybridized carbons (Fsp3) is 0.385. The Morgan fingerprint density at radius 2 is 1.91 bits per heavy atom. The molecule has 1 aromatic carbocycles. The van der Waals surface area contributed by atoms with E-state index in [0.29, 0.717) is 10.6 Å². The molecule has 1 atom stereocenters. The maximum absolute atomic E-state index is 12.3. The van der Waals surface area contributed by atoms with Gasteiger partial charge < -0.3 is 10.2 Å². The largest absolute Gasteiger partial charge is 0.411 e. The van der Waals surface area contributed by atoms with Gasteiger partial charge in [-0.05, 0) is 17.5 Å². The average molecular weight is 366 g/mol. The predicted octanol–water partition coefficient (Wildman–Crippen LogP) is 2.77. The lowest BCUT2D eigenvalue weighted by atomic mass is 10.1. The number of nitrogens with zero attached hydrogens (tertiary/aromatic N) is 2. The number of aromatic nitrogens is 2. The number of halogens is 2. The Morgan fingerprint density at radius 1 is 1.27 bits per heavy atom. The van der Waals surface area contributed by atoms with Crippen LogP contribution in [0, 0.1) is 5.92 Å². The van der Waals surface area contributed by atoms with Crippen LogP contribution in [0.5, 0.6) is 0 Å². The molecule has 22 heavy (non-hydrogen) atoms. The monoisotopic (exact) mass is 365 g/mol. The molecule has 0 aliphatic heterocycles. The molecular formula is C13H17Cl2N3O3S. The highest BCUT2D eigenvalue weighted by atomic mass is 35.5. The lowest BCUT2D eigenvalue weighted by Crippen LogP contribution is -2.17. The average Bonchev–Trinajstić information content (AvgIpc) is 2.90. The summed E-state index contributed by atoms with van der Waals surface area (Å²) in [6, 6.07) is 6.20. The van der Waals surface area contributed by atoms with E-state index in [9.17, 15) is 8.42 Å². The highest BCUT2D eigenvalue weighted by Gasteiger charge is 2.26. The molecule has 0 saturated carbocycles. The topological polar surface area (TPSA) is 99.1 Å². The number of hydrogen-bond donors (Lipinski definition) is 1. The lowest BCUT2D eigenvalue weighted by Gasteiger charge is -2.09. The van der Waals surface area contributed by atoms with Crippen molar-refractivity contribution in [1.29, 1.82) is 0 Å². The van der Waals surface area contributed by atoms with Crippen molar-refractivity contribution in [1.82, 2.24) is 10.2 Å². The molecule has 2 N–H and O–H groups in total. The van der Waals surface area contributed by atoms with Gasteiger partial charge in [0.05, 0.1) is 11.8 Å². The molecular weight excluding hydrogens is 349 g/mol. The molecule has 0 aliphatic carbocycles. The SMILES string of the molecule is CC(C)[C@H](N)c1nnc(S(=O)(=O)Cc2ccccc2Cl)o1.Cl. The third kappa shape index (κ3) is 4.19. The molecule has 2 aromatic rings. The van der Waals surface area contributed by atoms with E-state index in [2.05, 4.69) is 10.2 Å². The van der Waals surface area contributed by atoms with Crippen LogP contribution in [-0.2, 0) is 15.6 Å². The van der Waals surface area contributed by atoms with Crippen LogP contribution in [0.2, 0.25) is 5.02 Å². The zero-order valence-electron chi connectivity index (χ0n) is 12.1. The Hall–Kier alpha value is -1.15. The van der Waals surface area contributed by atoms with Gasteiger partial charge in [-0.25, -0.2) is 8.42 Å². The first kappa shape index (κ1) is 18.9. The first-order chi connectivity index (χ1) is 9.81. The minimum atomic E-state index is -3.75. The van der Waals surface area contributed by atoms with E-state index in [1.807, 2.05) is 13.8 Å². The number of nitrogens with two attached hydrogens (primary N) is 1. The summed E-state index contributed by atoms with van der Waals surface area (Å²) in [5.41, 5.74) is 6.34. The quantitative estimate of drug-likeness (QED) is 0.874. The highest BCUT2D eigenvalue weighted by Crippen LogP contribution is 2.23. The second-order valence-corrected chi connectivity index (χ2v) is 7.30. The van der Waals surface area contributed by atoms with Crippen molar-refractivity contribution < 1.29 is 12.8 Å². The van der Waals surface area contributed by atoms with Gasteiger partial charge in [-0.3, -0.25) is 0 Å². The number of hydrogen-bond acceptors (Lipinski definition) is 6. The summed E-state index contributed by atoms with van der Waals surface area (Å²) in [5, 5.41) is 7.24. The molecule has 1 aromatic heterocycles. The molecule has 0 bridgehead atoms. The first-order valence-electron chi connectivity index (χ1n) is 6.36. The van der Waals surface area contributed by atoms with E-state index in [1.165, 1.54) is 0 Å². The van der Waals surface area contributed by atoms with Crippen LogP contribution in [0.25, 0.3) is 0 Å². The molecule has 122 valence electrons. The van der Waals surface area contributed by atoms with Crippen molar-refractivity contribution in [3.63, 3.8) is 0 Å². The Kier molecular flexibility index (Phi) is 6.37. The molecule has 0 fully saturated rings. The first-order valence-corrected chi connectivity index (χ1v) is 8.39. The van der Waals surface area contributed by atoms with E-state index in [1.54, 1.807) is 24.3 Å². The van der Waals surface area contributed by atoms with Crippen molar-refractivity contribution in [2.24, 2.45) is 11.7 Å². The van der Waals surface area contributed by atoms with Gasteiger partial charge >= 0.3 is 5.22 Å². The zero-order chi connectivity index (χ0) is 15.6. The summed E-state index contributed by atoms with van der Waals surface area (Å²) < 4.78 is 29.7. The number of benzene rings is 1. The summed E-state index contributed by atoms with van der Waals surface area (Å²) >= 11 is 5.96. The summed E-state index contributed by atoms with van der Waals surface area (Å²) in [6.45, 7) is 3.76. The molecule has 0 unspecified atom stereocenters. The fourth-order valence-corrected chi connectivity index (χ4v) is 3.09. The van der Waals surface area contributed by atoms with E-state index in [0.717, 1.165) is 0 Å². The van der Waals surface area contributed by atoms with E-state index in [-0.39, 0.29) is 30.0 Å². The molecule has 1 heterocycles. The summed E-state index contributed by atoms with van der Waals surface area (Å²) in [4.78, 5) is 0. The minimum Gasteiger partial charge on any atom is -0.411 e. The maximum atomic E-state index is 12.3. The van der Waals surface area contributed by atoms with Gasteiger partial charge in [0.15, 0.2) is 0 Å². The van der Waals surface area contributed by atoms with Crippen LogP contribution in [0.4, 0.5) is 0 Å². The van der Waals surface area contributed by atoms with Crippen LogP contribution in [0.1, 0.15) is 31.3 Å². The smallest absolute Gasteiger partial charge is 0.335 e. The normalized spacial score (nSPS) is 13.0. The van der Waals surface area contributed by atoms with Crippen LogP contribution < -0.4 is 5.73 Å². The van der Waals surface area contributed by atoms with Crippen molar-refractivity contribution >= 4 is 33.8 Å². The molecule has 2 rings (SSSR count). The zero-order valence-corrected chi connectivity index (χ0v) is 14.5. The van der Waals surface area contributed by atoms with Gasteiger partial charge in [0.2, 0.25) is 15.7 Å². The second-order valence-electron chi connectivity index (χ2n) is 5.03. The molecule has 0 spiro atoms. The van der Waals surface area contributed by atoms with Crippen LogP contribution in [-0.4, -0.2) is 18.6 Å². The Morgan fingerprint density at radius 3 is 2.50 bits per heavy atom. The van der Waals surface area contributed by atoms with Crippen molar-refractivity contribution in [2.75, 3.05) is 0 Å². The number of rotatable bonds is 5. The van der Waals surface area contributed by atoms with Gasteiger partial charge in [0.25, 0.3) is 0 Å². The third-order valence-corrected chi connectivity index (χ3v) is 4.75. The van der Waals surface area contributed by atoms with Crippen molar-refractivity contribution in [3.05, 3.63) is 40.7 Å². The van der Waals surface area contributed by atoms with Crippen molar-refractivity contribution in [3.8, 4) is 0 Å². The maximum Gasteiger partial charge on any atom is 0.335 e. The highest BCUT2D eigenvalue weighted by molar-refractivity contribution is 7.90. The second kappa shape index (κ2) is 7.41. The molecule has 0 aliphatic rings. The van der Waals surface area contributed by atoms with E-state index < -0.39 is 21.1 Å². The van der Waals surface area contributed by atoms with Gasteiger partial charge in [0, 0.05) is 5.02 Å². The van der Waals surface area contributed by atoms with Crippen LogP contribution in [0.15, 0.2) is 33.9 Å². The van der Waals surface area contributed by atoms with Gasteiger partial charge in [-0.1, -0.05) is 48.7 Å². The molecule has 0 amide bonds. The van der Waals surface area contributed by atoms with E-state index >= 15 is 0 Å². The summed E-state index contributed by atoms with van der Waals surface area (Å²) in [5.74, 6) is -0.127. The lowest BCUT2D eigenvalue weighted by molar-refractivity contribution is 0.341. The summed E-state index contributed by atoms with van der Waals surface area (Å²) in [6.07, 6.45) is 0. The number of sulfone groups is 1. The minimum absolute atomic E-state index is 0. The van der Waals surface area contributed by atoms with Gasteiger partial charge in [-0.2, -0.15) is 0 Å². The van der Waals surface area contributed by atoms with E-state index in [4.69, 9.17) is 21.8 Å². The third-order valence-electron chi connectivity index (χ3n) is 2.99. The fourth-order valence-electron chi connectivity index (χ4n) is 1.65. The predicted molar refractivity (Wildman–Crippen MR) is 85.7 cm³/mol. The molecule has 9 heteroatoms. The molecule has 0 radical (unpaired) electrons. The van der Waals surface area contributed by atoms with Crippen molar-refractivity contribution in [2.45, 2.75) is 30.9 Å².